The summed E-state index contributed by atoms with van der Waals surface area (Å²) < 4.78 is 56.7. The molecule has 148 valence electrons. The Morgan fingerprint density at radius 3 is 2.35 bits per heavy atom. The highest BCUT2D eigenvalue weighted by atomic mass is 28.3. The molecule has 0 saturated carbocycles. The first kappa shape index (κ1) is 21.3. The van der Waals surface area contributed by atoms with Crippen LogP contribution in [0.5, 0.6) is 5.75 Å². The van der Waals surface area contributed by atoms with Gasteiger partial charge in [-0.15, -0.1) is 0 Å². The van der Waals surface area contributed by atoms with Crippen LogP contribution in [-0.2, 0) is 6.42 Å². The molecule has 1 nitrogen and oxygen atoms in total. The second-order valence-electron chi connectivity index (χ2n) is 7.51. The lowest BCUT2D eigenvalue weighted by atomic mass is 9.94. The molecule has 0 atom stereocenters. The van der Waals surface area contributed by atoms with Crippen LogP contribution in [0, 0.1) is 17.6 Å². The highest BCUT2D eigenvalue weighted by molar-refractivity contribution is 6.58. The molecule has 1 heterocycles. The smallest absolute Gasteiger partial charge is 0.272 e. The Labute approximate surface area is 155 Å². The predicted octanol–water partition coefficient (Wildman–Crippen LogP) is 6.37. The summed E-state index contributed by atoms with van der Waals surface area (Å²) >= 11 is 0. The van der Waals surface area contributed by atoms with Gasteiger partial charge in [-0.1, -0.05) is 57.2 Å². The Bertz CT molecular complexity index is 522. The number of aryl methyl sites for hydroxylation is 1. The van der Waals surface area contributed by atoms with E-state index < -0.39 is 39.2 Å². The van der Waals surface area contributed by atoms with E-state index in [2.05, 4.69) is 11.7 Å². The topological polar surface area (TPSA) is 9.23 Å². The van der Waals surface area contributed by atoms with Crippen molar-refractivity contribution in [2.24, 2.45) is 5.92 Å². The molecule has 0 N–H and O–H groups in total. The van der Waals surface area contributed by atoms with Crippen molar-refractivity contribution >= 4 is 8.80 Å². The zero-order chi connectivity index (χ0) is 18.9. The van der Waals surface area contributed by atoms with Gasteiger partial charge in [0.15, 0.2) is 17.4 Å². The van der Waals surface area contributed by atoms with Crippen LogP contribution in [0.15, 0.2) is 12.1 Å². The predicted molar refractivity (Wildman–Crippen MR) is 100.0 cm³/mol. The zero-order valence-corrected chi connectivity index (χ0v) is 16.7. The molecule has 0 aliphatic carbocycles. The van der Waals surface area contributed by atoms with Crippen molar-refractivity contribution in [3.05, 3.63) is 29.3 Å². The summed E-state index contributed by atoms with van der Waals surface area (Å²) in [6.07, 6.45) is 5.32. The SMILES string of the molecule is CCCCC[SiH]1CCC(CCc2cc(F)c(OCC(F)F)c(F)c2)CC1. The Morgan fingerprint density at radius 2 is 1.77 bits per heavy atom. The molecule has 1 aromatic carbocycles. The minimum atomic E-state index is -2.76. The van der Waals surface area contributed by atoms with Crippen LogP contribution < -0.4 is 4.74 Å². The molecule has 0 unspecified atom stereocenters. The number of halogens is 4. The molecule has 0 amide bonds. The number of rotatable bonds is 10. The van der Waals surface area contributed by atoms with E-state index in [1.54, 1.807) is 0 Å². The third kappa shape index (κ3) is 6.93. The summed E-state index contributed by atoms with van der Waals surface area (Å²) in [4.78, 5) is 0. The quantitative estimate of drug-likeness (QED) is 0.256. The van der Waals surface area contributed by atoms with E-state index in [0.29, 0.717) is 17.9 Å². The molecule has 1 aliphatic rings. The molecule has 0 spiro atoms. The van der Waals surface area contributed by atoms with E-state index in [1.165, 1.54) is 62.4 Å². The molecule has 26 heavy (non-hydrogen) atoms. The number of unbranched alkanes of at least 4 members (excludes halogenated alkanes) is 2. The number of ether oxygens (including phenoxy) is 1. The van der Waals surface area contributed by atoms with Crippen LogP contribution in [0.4, 0.5) is 17.6 Å². The highest BCUT2D eigenvalue weighted by Crippen LogP contribution is 2.32. The standard InChI is InChI=1S/C20H30F4OSi/c1-2-3-4-9-26-10-7-15(8-11-26)5-6-16-12-17(21)20(18(22)13-16)25-14-19(23)24/h12-13,15,19,26H,2-11,14H2,1H3. The fourth-order valence-corrected chi connectivity index (χ4v) is 7.52. The van der Waals surface area contributed by atoms with Crippen molar-refractivity contribution in [1.29, 1.82) is 0 Å². The van der Waals surface area contributed by atoms with Crippen LogP contribution in [0.25, 0.3) is 0 Å². The van der Waals surface area contributed by atoms with Crippen LogP contribution in [-0.4, -0.2) is 21.8 Å². The number of alkyl halides is 2. The Balaban J connectivity index is 1.78. The van der Waals surface area contributed by atoms with E-state index >= 15 is 0 Å². The number of hydrogen-bond donors (Lipinski definition) is 0. The molecule has 1 fully saturated rings. The molecule has 1 aromatic rings. The minimum Gasteiger partial charge on any atom is -0.482 e. The van der Waals surface area contributed by atoms with Gasteiger partial charge in [0.05, 0.1) is 0 Å². The van der Waals surface area contributed by atoms with Gasteiger partial charge in [-0.05, 0) is 36.5 Å². The number of benzene rings is 1. The second kappa shape index (κ2) is 10.9. The monoisotopic (exact) mass is 390 g/mol. The summed E-state index contributed by atoms with van der Waals surface area (Å²) in [5.74, 6) is -1.85. The zero-order valence-electron chi connectivity index (χ0n) is 15.6. The normalized spacial score (nSPS) is 20.5. The first-order valence-corrected chi connectivity index (χ1v) is 12.3. The van der Waals surface area contributed by atoms with Gasteiger partial charge in [0, 0.05) is 8.80 Å². The maximum atomic E-state index is 13.9. The van der Waals surface area contributed by atoms with Gasteiger partial charge in [0.2, 0.25) is 0 Å². The minimum absolute atomic E-state index is 0.532. The molecule has 0 aromatic heterocycles. The largest absolute Gasteiger partial charge is 0.482 e. The van der Waals surface area contributed by atoms with Gasteiger partial charge in [-0.25, -0.2) is 17.6 Å². The molecular weight excluding hydrogens is 360 g/mol. The van der Waals surface area contributed by atoms with Crippen LogP contribution in [0.1, 0.15) is 51.0 Å². The average Bonchev–Trinajstić information content (AvgIpc) is 2.60. The van der Waals surface area contributed by atoms with Crippen molar-refractivity contribution in [1.82, 2.24) is 0 Å². The van der Waals surface area contributed by atoms with Crippen LogP contribution in [0.3, 0.4) is 0 Å². The van der Waals surface area contributed by atoms with E-state index in [1.807, 2.05) is 0 Å². The summed E-state index contributed by atoms with van der Waals surface area (Å²) in [6.45, 7) is 1.24. The molecule has 1 saturated heterocycles. The summed E-state index contributed by atoms with van der Waals surface area (Å²) in [7, 11) is -0.532. The first-order chi connectivity index (χ1) is 12.5. The van der Waals surface area contributed by atoms with E-state index in [9.17, 15) is 17.6 Å². The van der Waals surface area contributed by atoms with Crippen molar-refractivity contribution in [2.45, 2.75) is 76.4 Å². The molecular formula is C20H30F4OSi. The van der Waals surface area contributed by atoms with Crippen molar-refractivity contribution in [3.8, 4) is 5.75 Å². The van der Waals surface area contributed by atoms with Crippen LogP contribution >= 0.6 is 0 Å². The third-order valence-corrected chi connectivity index (χ3v) is 8.96. The van der Waals surface area contributed by atoms with Gasteiger partial charge in [-0.3, -0.25) is 0 Å². The third-order valence-electron chi connectivity index (χ3n) is 5.44. The average molecular weight is 391 g/mol. The molecule has 0 radical (unpaired) electrons. The first-order valence-electron chi connectivity index (χ1n) is 9.88. The Hall–Kier alpha value is -1.04. The van der Waals surface area contributed by atoms with E-state index in [0.717, 1.165) is 6.42 Å². The molecule has 2 rings (SSSR count). The summed E-state index contributed by atoms with van der Waals surface area (Å²) in [5.41, 5.74) is 0.576. The highest BCUT2D eigenvalue weighted by Gasteiger charge is 2.22. The fourth-order valence-electron chi connectivity index (χ4n) is 3.90. The molecule has 1 aliphatic heterocycles. The fraction of sp³-hybridized carbons (Fsp3) is 0.700. The van der Waals surface area contributed by atoms with Crippen molar-refractivity contribution < 1.29 is 22.3 Å². The lowest BCUT2D eigenvalue weighted by molar-refractivity contribution is 0.0777. The number of hydrogen-bond acceptors (Lipinski definition) is 1. The van der Waals surface area contributed by atoms with Gasteiger partial charge in [0.1, 0.15) is 6.61 Å². The Morgan fingerprint density at radius 1 is 1.12 bits per heavy atom. The van der Waals surface area contributed by atoms with Gasteiger partial charge in [-0.2, -0.15) is 0 Å². The lowest BCUT2D eigenvalue weighted by Gasteiger charge is -2.27. The molecule has 0 bridgehead atoms. The summed E-state index contributed by atoms with van der Waals surface area (Å²) in [6, 6.07) is 6.70. The van der Waals surface area contributed by atoms with E-state index in [4.69, 9.17) is 0 Å². The van der Waals surface area contributed by atoms with Gasteiger partial charge in [0.25, 0.3) is 6.43 Å². The second-order valence-corrected chi connectivity index (χ2v) is 11.0. The maximum Gasteiger partial charge on any atom is 0.272 e. The van der Waals surface area contributed by atoms with Gasteiger partial charge < -0.3 is 4.74 Å². The van der Waals surface area contributed by atoms with Crippen molar-refractivity contribution in [3.63, 3.8) is 0 Å². The Kier molecular flexibility index (Phi) is 8.95. The van der Waals surface area contributed by atoms with Gasteiger partial charge >= 0.3 is 0 Å². The maximum absolute atomic E-state index is 13.9. The van der Waals surface area contributed by atoms with E-state index in [-0.39, 0.29) is 0 Å². The van der Waals surface area contributed by atoms with Crippen LogP contribution in [0.2, 0.25) is 18.1 Å². The van der Waals surface area contributed by atoms with Crippen molar-refractivity contribution in [2.75, 3.05) is 6.61 Å². The molecule has 6 heteroatoms. The lowest BCUT2D eigenvalue weighted by Crippen LogP contribution is -2.21. The summed E-state index contributed by atoms with van der Waals surface area (Å²) in [5, 5.41) is 0.